The third-order valence-electron chi connectivity index (χ3n) is 6.37. The fraction of sp³-hybridized carbons (Fsp3) is 0. The zero-order chi connectivity index (χ0) is 25.8. The Balaban J connectivity index is 0.000000176. The summed E-state index contributed by atoms with van der Waals surface area (Å²) in [5.74, 6) is 0. The minimum absolute atomic E-state index is 0. The molecule has 39 heavy (non-hydrogen) atoms. The predicted molar refractivity (Wildman–Crippen MR) is 179 cm³/mol. The number of hydrogen-bond acceptors (Lipinski definition) is 0. The zero-order valence-corrected chi connectivity index (χ0v) is 29.2. The van der Waals surface area contributed by atoms with Crippen molar-refractivity contribution >= 4 is 70.9 Å². The van der Waals surface area contributed by atoms with Gasteiger partial charge in [0.25, 0.3) is 0 Å². The average molecular weight is 734 g/mol. The Kier molecular flexibility index (Phi) is 11.9. The van der Waals surface area contributed by atoms with Crippen LogP contribution in [0.1, 0.15) is 0 Å². The van der Waals surface area contributed by atoms with Crippen LogP contribution in [0.15, 0.2) is 182 Å². The van der Waals surface area contributed by atoms with E-state index in [1.807, 2.05) is 0 Å². The van der Waals surface area contributed by atoms with Gasteiger partial charge in [-0.05, 0) is 0 Å². The maximum absolute atomic E-state index is 2.29. The van der Waals surface area contributed by atoms with E-state index >= 15 is 0 Å². The minimum atomic E-state index is -1.98. The molecule has 6 rings (SSSR count). The van der Waals surface area contributed by atoms with Crippen molar-refractivity contribution < 1.29 is 0 Å². The molecule has 0 saturated carbocycles. The van der Waals surface area contributed by atoms with Crippen molar-refractivity contribution in [3.63, 3.8) is 0 Å². The first-order chi connectivity index (χ1) is 18.9. The SMILES string of the molecule is P.c1cc[c]([Sn]([c]2ccccc2)[c]2ccccc2)cc1.c1cc[c]([Sn]([c]2ccccc2)[c]2ccccc2)cc1. The van der Waals surface area contributed by atoms with E-state index in [1.165, 1.54) is 21.5 Å². The van der Waals surface area contributed by atoms with Crippen molar-refractivity contribution in [1.29, 1.82) is 0 Å². The van der Waals surface area contributed by atoms with Crippen LogP contribution in [0.2, 0.25) is 0 Å². The molecular weight excluding hydrogens is 701 g/mol. The van der Waals surface area contributed by atoms with E-state index in [9.17, 15) is 0 Å². The summed E-state index contributed by atoms with van der Waals surface area (Å²) in [5, 5.41) is 0. The van der Waals surface area contributed by atoms with E-state index in [2.05, 4.69) is 182 Å². The van der Waals surface area contributed by atoms with Gasteiger partial charge in [-0.15, -0.1) is 0 Å². The van der Waals surface area contributed by atoms with E-state index in [4.69, 9.17) is 0 Å². The molecule has 0 fully saturated rings. The summed E-state index contributed by atoms with van der Waals surface area (Å²) in [6, 6.07) is 65.9. The van der Waals surface area contributed by atoms with Gasteiger partial charge in [-0.3, -0.25) is 0 Å². The molecule has 0 aliphatic carbocycles. The number of rotatable bonds is 6. The van der Waals surface area contributed by atoms with Crippen molar-refractivity contribution in [2.45, 2.75) is 0 Å². The van der Waals surface area contributed by atoms with Gasteiger partial charge in [-0.25, -0.2) is 0 Å². The third kappa shape index (κ3) is 8.17. The number of hydrogen-bond donors (Lipinski definition) is 0. The summed E-state index contributed by atoms with van der Waals surface area (Å²) < 4.78 is 9.18. The van der Waals surface area contributed by atoms with E-state index in [0.29, 0.717) is 0 Å². The summed E-state index contributed by atoms with van der Waals surface area (Å²) in [6.07, 6.45) is 0. The molecule has 6 aromatic rings. The first-order valence-corrected chi connectivity index (χ1v) is 21.5. The van der Waals surface area contributed by atoms with E-state index in [1.54, 1.807) is 0 Å². The van der Waals surface area contributed by atoms with Crippen LogP contribution >= 0.6 is 9.90 Å². The number of benzene rings is 6. The standard InChI is InChI=1S/6C6H5.H3P.2Sn/c6*1-2-4-6-5-3-1;;;/h6*1-5H;1H3;;. The average Bonchev–Trinajstić information content (AvgIpc) is 3.01. The third-order valence-corrected chi connectivity index (χ3v) is 22.0. The van der Waals surface area contributed by atoms with Crippen molar-refractivity contribution in [1.82, 2.24) is 0 Å². The molecule has 0 nitrogen and oxygen atoms in total. The van der Waals surface area contributed by atoms with Crippen LogP contribution in [-0.2, 0) is 0 Å². The normalized spacial score (nSPS) is 10.3. The van der Waals surface area contributed by atoms with Crippen molar-refractivity contribution in [3.05, 3.63) is 182 Å². The quantitative estimate of drug-likeness (QED) is 0.175. The summed E-state index contributed by atoms with van der Waals surface area (Å²) in [6.45, 7) is 0. The Morgan fingerprint density at radius 3 is 0.462 bits per heavy atom. The summed E-state index contributed by atoms with van der Waals surface area (Å²) in [5.41, 5.74) is 0. The molecular formula is C36H33PSn2. The van der Waals surface area contributed by atoms with Crippen LogP contribution in [0, 0.1) is 0 Å². The Labute approximate surface area is 250 Å². The van der Waals surface area contributed by atoms with Crippen molar-refractivity contribution in [2.24, 2.45) is 0 Å². The molecule has 0 aromatic heterocycles. The Morgan fingerprint density at radius 2 is 0.333 bits per heavy atom. The molecule has 0 N–H and O–H groups in total. The monoisotopic (exact) mass is 736 g/mol. The fourth-order valence-electron chi connectivity index (χ4n) is 4.63. The molecule has 0 amide bonds. The molecule has 0 aliphatic heterocycles. The molecule has 2 radical (unpaired) electrons. The molecule has 6 aromatic carbocycles. The topological polar surface area (TPSA) is 0 Å². The van der Waals surface area contributed by atoms with Crippen molar-refractivity contribution in [2.75, 3.05) is 0 Å². The van der Waals surface area contributed by atoms with Crippen LogP contribution in [-0.4, -0.2) is 39.5 Å². The first-order valence-electron chi connectivity index (χ1n) is 13.0. The summed E-state index contributed by atoms with van der Waals surface area (Å²) in [7, 11) is 0. The van der Waals surface area contributed by atoms with Gasteiger partial charge in [0.1, 0.15) is 0 Å². The van der Waals surface area contributed by atoms with Gasteiger partial charge in [-0.1, -0.05) is 0 Å². The molecule has 0 spiro atoms. The van der Waals surface area contributed by atoms with E-state index in [0.717, 1.165) is 0 Å². The second kappa shape index (κ2) is 15.8. The predicted octanol–water partition coefficient (Wildman–Crippen LogP) is 4.46. The van der Waals surface area contributed by atoms with Crippen LogP contribution in [0.3, 0.4) is 0 Å². The first kappa shape index (κ1) is 29.3. The van der Waals surface area contributed by atoms with Gasteiger partial charge in [0.15, 0.2) is 0 Å². The van der Waals surface area contributed by atoms with Gasteiger partial charge in [0.05, 0.1) is 0 Å². The Morgan fingerprint density at radius 1 is 0.205 bits per heavy atom. The molecule has 1 atom stereocenters. The zero-order valence-electron chi connectivity index (χ0n) is 22.0. The van der Waals surface area contributed by atoms with Crippen molar-refractivity contribution in [3.8, 4) is 0 Å². The summed E-state index contributed by atoms with van der Waals surface area (Å²) in [4.78, 5) is 0. The second-order valence-corrected chi connectivity index (χ2v) is 23.1. The van der Waals surface area contributed by atoms with Gasteiger partial charge in [0.2, 0.25) is 0 Å². The van der Waals surface area contributed by atoms with Crippen LogP contribution in [0.25, 0.3) is 0 Å². The van der Waals surface area contributed by atoms with Gasteiger partial charge in [0, 0.05) is 0 Å². The summed E-state index contributed by atoms with van der Waals surface area (Å²) >= 11 is -3.96. The molecule has 3 heteroatoms. The molecule has 0 bridgehead atoms. The molecule has 1 unspecified atom stereocenters. The maximum atomic E-state index is 2.29. The van der Waals surface area contributed by atoms with Crippen LogP contribution < -0.4 is 21.5 Å². The van der Waals surface area contributed by atoms with Crippen LogP contribution in [0.5, 0.6) is 0 Å². The van der Waals surface area contributed by atoms with E-state index < -0.39 is 39.5 Å². The Hall–Kier alpha value is -2.65. The van der Waals surface area contributed by atoms with Gasteiger partial charge in [-0.2, -0.15) is 9.90 Å². The Bertz CT molecular complexity index is 1170. The van der Waals surface area contributed by atoms with Crippen LogP contribution in [0.4, 0.5) is 0 Å². The second-order valence-electron chi connectivity index (χ2n) is 8.95. The van der Waals surface area contributed by atoms with E-state index in [-0.39, 0.29) is 9.90 Å². The molecule has 0 heterocycles. The fourth-order valence-corrected chi connectivity index (χ4v) is 19.3. The van der Waals surface area contributed by atoms with Gasteiger partial charge < -0.3 is 0 Å². The van der Waals surface area contributed by atoms with Gasteiger partial charge >= 0.3 is 243 Å². The molecule has 0 saturated heterocycles. The molecule has 190 valence electrons. The molecule has 0 aliphatic rings.